The lowest BCUT2D eigenvalue weighted by Gasteiger charge is -2.06. The van der Waals surface area contributed by atoms with Crippen molar-refractivity contribution in [1.29, 1.82) is 0 Å². The number of nitro benzene ring substituents is 2. The molecular formula is C12H15N3O6. The topological polar surface area (TPSA) is 150 Å². The van der Waals surface area contributed by atoms with Crippen LogP contribution in [0.3, 0.4) is 0 Å². The Labute approximate surface area is 119 Å². The highest BCUT2D eigenvalue weighted by Crippen LogP contribution is 2.26. The summed E-state index contributed by atoms with van der Waals surface area (Å²) in [4.78, 5) is 30.7. The number of aliphatic carboxylic acids is 1. The third kappa shape index (κ3) is 4.80. The second-order valence-corrected chi connectivity index (χ2v) is 4.52. The summed E-state index contributed by atoms with van der Waals surface area (Å²) in [6.45, 7) is 0. The number of aryl methyl sites for hydroxylation is 1. The molecule has 0 bridgehead atoms. The number of nitrogens with zero attached hydrogens (tertiary/aromatic N) is 2. The molecule has 0 aliphatic heterocycles. The fraction of sp³-hybridized carbons (Fsp3) is 0.417. The Kier molecular flexibility index (Phi) is 5.73. The maximum Gasteiger partial charge on any atom is 0.320 e. The number of benzene rings is 1. The van der Waals surface area contributed by atoms with Gasteiger partial charge in [-0.1, -0.05) is 6.42 Å². The molecule has 9 nitrogen and oxygen atoms in total. The van der Waals surface area contributed by atoms with Gasteiger partial charge in [-0.2, -0.15) is 0 Å². The summed E-state index contributed by atoms with van der Waals surface area (Å²) in [5, 5.41) is 30.1. The summed E-state index contributed by atoms with van der Waals surface area (Å²) in [6, 6.07) is 2.55. The van der Waals surface area contributed by atoms with E-state index in [9.17, 15) is 25.0 Å². The molecule has 0 unspecified atom stereocenters. The summed E-state index contributed by atoms with van der Waals surface area (Å²) >= 11 is 0. The molecule has 1 rings (SSSR count). The lowest BCUT2D eigenvalue weighted by atomic mass is 10.0. The second-order valence-electron chi connectivity index (χ2n) is 4.52. The molecule has 0 heterocycles. The first-order valence-corrected chi connectivity index (χ1v) is 6.23. The smallest absolute Gasteiger partial charge is 0.320 e. The van der Waals surface area contributed by atoms with Gasteiger partial charge in [-0.15, -0.1) is 0 Å². The molecule has 1 atom stereocenters. The molecule has 0 saturated carbocycles. The quantitative estimate of drug-likeness (QED) is 0.420. The van der Waals surface area contributed by atoms with E-state index in [0.29, 0.717) is 24.8 Å². The number of nitrogens with two attached hydrogens (primary N) is 1. The Balaban J connectivity index is 2.68. The zero-order valence-electron chi connectivity index (χ0n) is 11.1. The minimum absolute atomic E-state index is 0.274. The van der Waals surface area contributed by atoms with Crippen LogP contribution in [0.4, 0.5) is 11.4 Å². The van der Waals surface area contributed by atoms with E-state index in [-0.39, 0.29) is 17.8 Å². The number of hydrogen-bond donors (Lipinski definition) is 2. The van der Waals surface area contributed by atoms with Crippen LogP contribution in [-0.4, -0.2) is 27.0 Å². The van der Waals surface area contributed by atoms with Crippen LogP contribution in [0.1, 0.15) is 24.8 Å². The maximum atomic E-state index is 10.9. The Hall–Kier alpha value is -2.55. The second kappa shape index (κ2) is 7.29. The van der Waals surface area contributed by atoms with E-state index in [1.165, 1.54) is 12.1 Å². The van der Waals surface area contributed by atoms with Crippen molar-refractivity contribution in [2.75, 3.05) is 0 Å². The molecule has 0 amide bonds. The Morgan fingerprint density at radius 3 is 2.43 bits per heavy atom. The molecule has 0 fully saturated rings. The molecule has 3 N–H and O–H groups in total. The number of rotatable bonds is 8. The maximum absolute atomic E-state index is 10.9. The van der Waals surface area contributed by atoms with Crippen LogP contribution >= 0.6 is 0 Å². The highest BCUT2D eigenvalue weighted by Gasteiger charge is 2.19. The number of carbonyl (C=O) groups is 1. The van der Waals surface area contributed by atoms with E-state index in [1.807, 2.05) is 0 Å². The Morgan fingerprint density at radius 1 is 1.24 bits per heavy atom. The number of nitro groups is 2. The van der Waals surface area contributed by atoms with Crippen molar-refractivity contribution in [2.24, 2.45) is 5.73 Å². The normalized spacial score (nSPS) is 11.9. The molecule has 1 aromatic rings. The summed E-state index contributed by atoms with van der Waals surface area (Å²) < 4.78 is 0. The molecule has 1 aromatic carbocycles. The van der Waals surface area contributed by atoms with Gasteiger partial charge in [-0.25, -0.2) is 0 Å². The monoisotopic (exact) mass is 297 g/mol. The van der Waals surface area contributed by atoms with Gasteiger partial charge in [0.1, 0.15) is 6.04 Å². The molecular weight excluding hydrogens is 282 g/mol. The van der Waals surface area contributed by atoms with Gasteiger partial charge in [0.25, 0.3) is 11.4 Å². The minimum Gasteiger partial charge on any atom is -0.480 e. The number of carboxylic acid groups (broad SMARTS) is 1. The fourth-order valence-electron chi connectivity index (χ4n) is 1.85. The van der Waals surface area contributed by atoms with Crippen molar-refractivity contribution >= 4 is 17.3 Å². The van der Waals surface area contributed by atoms with Gasteiger partial charge >= 0.3 is 5.97 Å². The van der Waals surface area contributed by atoms with Gasteiger partial charge in [0.15, 0.2) is 0 Å². The average Bonchev–Trinajstić information content (AvgIpc) is 2.42. The first-order chi connectivity index (χ1) is 9.82. The van der Waals surface area contributed by atoms with E-state index < -0.39 is 21.9 Å². The van der Waals surface area contributed by atoms with E-state index in [2.05, 4.69) is 0 Å². The van der Waals surface area contributed by atoms with Crippen LogP contribution in [0.5, 0.6) is 0 Å². The summed E-state index contributed by atoms with van der Waals surface area (Å²) in [5.74, 6) is -1.09. The van der Waals surface area contributed by atoms with Crippen molar-refractivity contribution in [3.63, 3.8) is 0 Å². The highest BCUT2D eigenvalue weighted by molar-refractivity contribution is 5.72. The lowest BCUT2D eigenvalue weighted by molar-refractivity contribution is -0.394. The lowest BCUT2D eigenvalue weighted by Crippen LogP contribution is -2.29. The van der Waals surface area contributed by atoms with Crippen molar-refractivity contribution in [3.05, 3.63) is 44.0 Å². The number of hydrogen-bond acceptors (Lipinski definition) is 6. The standard InChI is InChI=1S/C12H15N3O6/c13-10(12(16)17)4-2-1-3-8-5-6-9(14(18)19)7-11(8)15(20)21/h5-7,10H,1-4,13H2,(H,16,17)/t10-/m0/s1. The SMILES string of the molecule is N[C@@H](CCCCc1ccc([N+](=O)[O-])cc1[N+](=O)[O-])C(=O)O. The van der Waals surface area contributed by atoms with E-state index in [4.69, 9.17) is 10.8 Å². The number of carboxylic acids is 1. The van der Waals surface area contributed by atoms with Crippen LogP contribution in [0.15, 0.2) is 18.2 Å². The summed E-state index contributed by atoms with van der Waals surface area (Å²) in [6.07, 6.45) is 1.62. The third-order valence-corrected chi connectivity index (χ3v) is 3.00. The van der Waals surface area contributed by atoms with Crippen LogP contribution in [-0.2, 0) is 11.2 Å². The van der Waals surface area contributed by atoms with Crippen molar-refractivity contribution in [2.45, 2.75) is 31.7 Å². The van der Waals surface area contributed by atoms with Gasteiger partial charge in [-0.3, -0.25) is 25.0 Å². The van der Waals surface area contributed by atoms with E-state index in [1.54, 1.807) is 0 Å². The molecule has 0 spiro atoms. The molecule has 0 aliphatic carbocycles. The van der Waals surface area contributed by atoms with E-state index in [0.717, 1.165) is 6.07 Å². The van der Waals surface area contributed by atoms with Crippen molar-refractivity contribution in [3.8, 4) is 0 Å². The van der Waals surface area contributed by atoms with Crippen LogP contribution in [0, 0.1) is 20.2 Å². The molecule has 0 radical (unpaired) electrons. The fourth-order valence-corrected chi connectivity index (χ4v) is 1.85. The van der Waals surface area contributed by atoms with Gasteiger partial charge in [-0.05, 0) is 25.3 Å². The molecule has 114 valence electrons. The zero-order valence-corrected chi connectivity index (χ0v) is 11.1. The van der Waals surface area contributed by atoms with Crippen molar-refractivity contribution in [1.82, 2.24) is 0 Å². The van der Waals surface area contributed by atoms with Crippen molar-refractivity contribution < 1.29 is 19.7 Å². The predicted octanol–water partition coefficient (Wildman–Crippen LogP) is 1.63. The predicted molar refractivity (Wildman–Crippen MR) is 72.9 cm³/mol. The largest absolute Gasteiger partial charge is 0.480 e. The van der Waals surface area contributed by atoms with Gasteiger partial charge in [0, 0.05) is 11.6 Å². The number of non-ortho nitro benzene ring substituents is 1. The van der Waals surface area contributed by atoms with Gasteiger partial charge < -0.3 is 10.8 Å². The van der Waals surface area contributed by atoms with Crippen LogP contribution in [0.2, 0.25) is 0 Å². The molecule has 21 heavy (non-hydrogen) atoms. The Morgan fingerprint density at radius 2 is 1.90 bits per heavy atom. The zero-order chi connectivity index (χ0) is 16.0. The summed E-state index contributed by atoms with van der Waals surface area (Å²) in [7, 11) is 0. The first kappa shape index (κ1) is 16.5. The highest BCUT2D eigenvalue weighted by atomic mass is 16.6. The Bertz CT molecular complexity index is 560. The molecule has 9 heteroatoms. The third-order valence-electron chi connectivity index (χ3n) is 3.00. The molecule has 0 aliphatic rings. The number of unbranched alkanes of at least 4 members (excludes halogenated alkanes) is 1. The van der Waals surface area contributed by atoms with Crippen LogP contribution in [0.25, 0.3) is 0 Å². The van der Waals surface area contributed by atoms with Gasteiger partial charge in [0.2, 0.25) is 0 Å². The molecule has 0 aromatic heterocycles. The average molecular weight is 297 g/mol. The minimum atomic E-state index is -1.09. The summed E-state index contributed by atoms with van der Waals surface area (Å²) in [5.41, 5.74) is 5.09. The molecule has 0 saturated heterocycles. The van der Waals surface area contributed by atoms with Gasteiger partial charge in [0.05, 0.1) is 15.9 Å². The van der Waals surface area contributed by atoms with E-state index >= 15 is 0 Å². The van der Waals surface area contributed by atoms with Crippen LogP contribution < -0.4 is 5.73 Å². The first-order valence-electron chi connectivity index (χ1n) is 6.23.